The van der Waals surface area contributed by atoms with Gasteiger partial charge in [-0.2, -0.15) is 9.97 Å². The zero-order valence-corrected chi connectivity index (χ0v) is 27.4. The zero-order chi connectivity index (χ0) is 35.5. The Morgan fingerprint density at radius 2 is 1.84 bits per heavy atom. The lowest BCUT2D eigenvalue weighted by atomic mass is 10.1. The lowest BCUT2D eigenvalue weighted by Crippen LogP contribution is -2.43. The minimum Gasteiger partial charge on any atom is -0.508 e. The maximum absolute atomic E-state index is 12.7. The Hall–Kier alpha value is -5.33. The predicted molar refractivity (Wildman–Crippen MR) is 181 cm³/mol. The molecule has 8 N–H and O–H groups in total. The molecule has 0 spiro atoms. The Morgan fingerprint density at radius 3 is 2.61 bits per heavy atom. The van der Waals surface area contributed by atoms with Crippen molar-refractivity contribution in [2.45, 2.75) is 62.6 Å². The molecule has 17 heteroatoms. The molecular formula is C34H39N9O8. The topological polar surface area (TPSA) is 236 Å². The number of aliphatic hydroxyl groups excluding tert-OH is 4. The number of imidazole rings is 1. The van der Waals surface area contributed by atoms with Gasteiger partial charge in [0.05, 0.1) is 25.6 Å². The van der Waals surface area contributed by atoms with Crippen molar-refractivity contribution < 1.29 is 39.6 Å². The van der Waals surface area contributed by atoms with Crippen LogP contribution >= 0.6 is 0 Å². The van der Waals surface area contributed by atoms with Gasteiger partial charge in [0.1, 0.15) is 29.8 Å². The number of aromatic nitrogens is 5. The Morgan fingerprint density at radius 1 is 1.02 bits per heavy atom. The minimum atomic E-state index is -1.41. The van der Waals surface area contributed by atoms with Crippen molar-refractivity contribution >= 4 is 29.0 Å². The second-order valence-electron chi connectivity index (χ2n) is 12.6. The quantitative estimate of drug-likeness (QED) is 0.0910. The monoisotopic (exact) mass is 701 g/mol. The molecule has 6 unspecified atom stereocenters. The van der Waals surface area contributed by atoms with Gasteiger partial charge in [0.15, 0.2) is 29.0 Å². The second kappa shape index (κ2) is 14.9. The number of nitrogens with zero attached hydrogens (tertiary/aromatic N) is 6. The first-order valence-electron chi connectivity index (χ1n) is 16.6. The third-order valence-electron chi connectivity index (χ3n) is 9.00. The van der Waals surface area contributed by atoms with E-state index in [-0.39, 0.29) is 49.0 Å². The Kier molecular flexibility index (Phi) is 9.96. The second-order valence-corrected chi connectivity index (χ2v) is 12.6. The van der Waals surface area contributed by atoms with E-state index in [4.69, 9.17) is 19.2 Å². The molecule has 268 valence electrons. The molecule has 6 atom stereocenters. The van der Waals surface area contributed by atoms with E-state index >= 15 is 0 Å². The number of rotatable bonds is 12. The van der Waals surface area contributed by atoms with E-state index in [0.717, 1.165) is 11.1 Å². The molecule has 17 nitrogen and oxygen atoms in total. The number of amides is 2. The van der Waals surface area contributed by atoms with E-state index in [2.05, 4.69) is 26.1 Å². The molecule has 0 bridgehead atoms. The molecule has 7 rings (SSSR count). The first kappa shape index (κ1) is 34.1. The molecule has 0 aliphatic carbocycles. The molecule has 5 aromatic rings. The third-order valence-corrected chi connectivity index (χ3v) is 9.00. The summed E-state index contributed by atoms with van der Waals surface area (Å²) < 4.78 is 12.9. The van der Waals surface area contributed by atoms with Crippen LogP contribution in [-0.2, 0) is 24.3 Å². The van der Waals surface area contributed by atoms with Crippen molar-refractivity contribution in [2.24, 2.45) is 0 Å². The van der Waals surface area contributed by atoms with Crippen LogP contribution in [-0.4, -0.2) is 100 Å². The van der Waals surface area contributed by atoms with Crippen LogP contribution in [0.25, 0.3) is 11.2 Å². The van der Waals surface area contributed by atoms with Gasteiger partial charge in [-0.25, -0.2) is 9.78 Å². The van der Waals surface area contributed by atoms with Gasteiger partial charge in [0, 0.05) is 31.7 Å². The Labute approximate surface area is 291 Å². The van der Waals surface area contributed by atoms with Gasteiger partial charge in [-0.1, -0.05) is 47.6 Å². The number of fused-ring (bicyclic) bond motifs is 1. The maximum Gasteiger partial charge on any atom is 0.315 e. The summed E-state index contributed by atoms with van der Waals surface area (Å²) in [6.07, 6.45) is -2.46. The molecule has 2 aromatic carbocycles. The van der Waals surface area contributed by atoms with E-state index in [1.54, 1.807) is 24.3 Å². The summed E-state index contributed by atoms with van der Waals surface area (Å²) >= 11 is 0. The van der Waals surface area contributed by atoms with Gasteiger partial charge in [0.25, 0.3) is 0 Å². The molecular weight excluding hydrogens is 662 g/mol. The summed E-state index contributed by atoms with van der Waals surface area (Å²) in [4.78, 5) is 28.9. The number of phenols is 1. The van der Waals surface area contributed by atoms with Crippen molar-refractivity contribution in [3.8, 4) is 5.75 Å². The summed E-state index contributed by atoms with van der Waals surface area (Å²) in [7, 11) is 0. The molecule has 0 radical (unpaired) electrons. The highest BCUT2D eigenvalue weighted by molar-refractivity contribution is 5.85. The lowest BCUT2D eigenvalue weighted by Gasteiger charge is -2.22. The van der Waals surface area contributed by atoms with E-state index in [9.17, 15) is 30.3 Å². The van der Waals surface area contributed by atoms with Crippen molar-refractivity contribution in [3.63, 3.8) is 0 Å². The number of nitrogens with one attached hydrogen (secondary N) is 3. The Balaban J connectivity index is 1.14. The predicted octanol–water partition coefficient (Wildman–Crippen LogP) is 1.10. The van der Waals surface area contributed by atoms with Gasteiger partial charge in [0.2, 0.25) is 5.95 Å². The fraction of sp³-hybridized carbons (Fsp3) is 0.382. The number of urea groups is 1. The van der Waals surface area contributed by atoms with Crippen LogP contribution in [0.3, 0.4) is 0 Å². The number of phenolic OH excluding ortho intramolecular Hbond substituents is 1. The molecule has 2 aliphatic rings. The number of aromatic hydroxyl groups is 1. The van der Waals surface area contributed by atoms with Crippen LogP contribution in [0.5, 0.6) is 5.75 Å². The van der Waals surface area contributed by atoms with Gasteiger partial charge < -0.3 is 55.6 Å². The molecule has 51 heavy (non-hydrogen) atoms. The van der Waals surface area contributed by atoms with Crippen molar-refractivity contribution in [1.29, 1.82) is 0 Å². The highest BCUT2D eigenvalue weighted by atomic mass is 16.6. The fourth-order valence-corrected chi connectivity index (χ4v) is 6.39. The summed E-state index contributed by atoms with van der Waals surface area (Å²) in [6, 6.07) is 16.8. The normalized spacial score (nSPS) is 22.4. The fourth-order valence-electron chi connectivity index (χ4n) is 6.39. The number of carbonyl (C=O) groups excluding carboxylic acids is 1. The first-order chi connectivity index (χ1) is 24.8. The number of carbonyl (C=O) groups is 1. The van der Waals surface area contributed by atoms with E-state index in [0.29, 0.717) is 48.9 Å². The third kappa shape index (κ3) is 7.42. The average molecular weight is 702 g/mol. The van der Waals surface area contributed by atoms with Gasteiger partial charge in [-0.15, -0.1) is 0 Å². The molecule has 2 aliphatic heterocycles. The first-order valence-corrected chi connectivity index (χ1v) is 16.6. The van der Waals surface area contributed by atoms with Crippen molar-refractivity contribution in [2.75, 3.05) is 29.9 Å². The van der Waals surface area contributed by atoms with Crippen LogP contribution < -0.4 is 20.9 Å². The highest BCUT2D eigenvalue weighted by Gasteiger charge is 2.47. The maximum atomic E-state index is 12.7. The lowest BCUT2D eigenvalue weighted by molar-refractivity contribution is -0.0434. The smallest absolute Gasteiger partial charge is 0.315 e. The van der Waals surface area contributed by atoms with Gasteiger partial charge >= 0.3 is 6.03 Å². The number of anilines is 2. The highest BCUT2D eigenvalue weighted by Crippen LogP contribution is 2.40. The number of ether oxygens (including phenoxy) is 1. The van der Waals surface area contributed by atoms with Crippen LogP contribution in [0, 0.1) is 0 Å². The molecule has 0 saturated carbocycles. The summed E-state index contributed by atoms with van der Waals surface area (Å²) in [5.41, 5.74) is 2.67. The number of benzene rings is 2. The van der Waals surface area contributed by atoms with Crippen LogP contribution in [0.4, 0.5) is 16.6 Å². The van der Waals surface area contributed by atoms with Crippen LogP contribution in [0.15, 0.2) is 71.5 Å². The van der Waals surface area contributed by atoms with Gasteiger partial charge in [-0.05, 0) is 36.1 Å². The van der Waals surface area contributed by atoms with Crippen LogP contribution in [0.1, 0.15) is 41.3 Å². The van der Waals surface area contributed by atoms with E-state index < -0.39 is 30.6 Å². The van der Waals surface area contributed by atoms with E-state index in [1.165, 1.54) is 17.0 Å². The largest absolute Gasteiger partial charge is 0.508 e. The number of aliphatic hydroxyl groups is 4. The standard InChI is InChI=1S/C34H39N9O8/c44-16-22(11-19-5-2-1-3-6-19)37-30-26-31(43(18-36-26)32-28(48)27(47)29(50-32)25-13-23(17-45)41-51-25)40-33(39-30)42-10-9-21(15-42)38-34(49)35-14-20-7-4-8-24(46)12-20/h1-8,12-13,18,21-22,27-29,32,44-48H,9-11,14-17H2,(H2,35,38,49)(H,37,39,40). The number of hydrogen-bond donors (Lipinski definition) is 8. The summed E-state index contributed by atoms with van der Waals surface area (Å²) in [5, 5.41) is 64.4. The molecule has 2 saturated heterocycles. The summed E-state index contributed by atoms with van der Waals surface area (Å²) in [6.45, 7) is 0.596. The Bertz CT molecular complexity index is 1960. The van der Waals surface area contributed by atoms with Crippen LogP contribution in [0.2, 0.25) is 0 Å². The molecule has 2 fully saturated rings. The average Bonchev–Trinajstić information content (AvgIpc) is 3.95. The number of hydrogen-bond acceptors (Lipinski definition) is 14. The van der Waals surface area contributed by atoms with Gasteiger partial charge in [-0.3, -0.25) is 4.57 Å². The molecule has 5 heterocycles. The minimum absolute atomic E-state index is 0.121. The van der Waals surface area contributed by atoms with E-state index in [1.807, 2.05) is 35.2 Å². The molecule has 3 aromatic heterocycles. The summed E-state index contributed by atoms with van der Waals surface area (Å²) in [5.74, 6) is 0.926. The SMILES string of the molecule is O=C(NCc1cccc(O)c1)NC1CCN(c2nc(NC(CO)Cc3ccccc3)c3ncn(C4OC(c5cc(CO)no5)C(O)C4O)c3n2)C1. The zero-order valence-electron chi connectivity index (χ0n) is 27.4. The van der Waals surface area contributed by atoms with Crippen molar-refractivity contribution in [3.05, 3.63) is 89.6 Å². The van der Waals surface area contributed by atoms with Crippen molar-refractivity contribution in [1.82, 2.24) is 35.3 Å². The molecule has 2 amide bonds.